The lowest BCUT2D eigenvalue weighted by molar-refractivity contribution is 0.712. The fourth-order valence-corrected chi connectivity index (χ4v) is 2.83. The molecule has 0 bridgehead atoms. The van der Waals surface area contributed by atoms with E-state index in [1.807, 2.05) is 19.2 Å². The van der Waals surface area contributed by atoms with Gasteiger partial charge in [-0.2, -0.15) is 0 Å². The van der Waals surface area contributed by atoms with Gasteiger partial charge in [0.25, 0.3) is 0 Å². The van der Waals surface area contributed by atoms with E-state index in [0.717, 1.165) is 23.6 Å². The van der Waals surface area contributed by atoms with Gasteiger partial charge in [-0.3, -0.25) is 0 Å². The number of benzene rings is 1. The Balaban J connectivity index is 1.98. The van der Waals surface area contributed by atoms with Crippen molar-refractivity contribution >= 4 is 11.5 Å². The van der Waals surface area contributed by atoms with Gasteiger partial charge in [0.2, 0.25) is 0 Å². The Labute approximate surface area is 114 Å². The summed E-state index contributed by atoms with van der Waals surface area (Å²) in [5, 5.41) is 0. The molecule has 3 nitrogen and oxygen atoms in total. The zero-order chi connectivity index (χ0) is 13.2. The number of hydrogen-bond acceptors (Lipinski definition) is 3. The highest BCUT2D eigenvalue weighted by Crippen LogP contribution is 2.37. The average Bonchev–Trinajstić information content (AvgIpc) is 2.92. The first-order chi connectivity index (χ1) is 9.27. The third-order valence-corrected chi connectivity index (χ3v) is 3.90. The molecule has 1 atom stereocenters. The summed E-state index contributed by atoms with van der Waals surface area (Å²) in [5.74, 6) is 0.936. The van der Waals surface area contributed by atoms with Crippen molar-refractivity contribution < 1.29 is 0 Å². The molecule has 0 amide bonds. The Kier molecular flexibility index (Phi) is 3.11. The number of pyridine rings is 1. The van der Waals surface area contributed by atoms with Gasteiger partial charge in [0.15, 0.2) is 5.82 Å². The molecule has 0 spiro atoms. The molecule has 2 heterocycles. The van der Waals surface area contributed by atoms with Gasteiger partial charge in [-0.15, -0.1) is 0 Å². The van der Waals surface area contributed by atoms with Crippen molar-refractivity contribution in [2.45, 2.75) is 25.8 Å². The molecular weight excluding hydrogens is 234 g/mol. The van der Waals surface area contributed by atoms with Crippen molar-refractivity contribution in [1.82, 2.24) is 4.98 Å². The van der Waals surface area contributed by atoms with Gasteiger partial charge >= 0.3 is 0 Å². The number of aromatic nitrogens is 1. The highest BCUT2D eigenvalue weighted by molar-refractivity contribution is 5.67. The van der Waals surface area contributed by atoms with E-state index >= 15 is 0 Å². The molecule has 1 saturated heterocycles. The van der Waals surface area contributed by atoms with E-state index in [1.54, 1.807) is 0 Å². The van der Waals surface area contributed by atoms with E-state index in [9.17, 15) is 0 Å². The number of anilines is 2. The molecule has 19 heavy (non-hydrogen) atoms. The summed E-state index contributed by atoms with van der Waals surface area (Å²) >= 11 is 0. The van der Waals surface area contributed by atoms with Crippen LogP contribution >= 0.6 is 0 Å². The van der Waals surface area contributed by atoms with Crippen molar-refractivity contribution in [3.05, 3.63) is 53.7 Å². The normalized spacial score (nSPS) is 18.8. The maximum Gasteiger partial charge on any atom is 0.152 e. The second-order valence-electron chi connectivity index (χ2n) is 5.13. The fourth-order valence-electron chi connectivity index (χ4n) is 2.83. The van der Waals surface area contributed by atoms with E-state index in [4.69, 9.17) is 5.73 Å². The van der Waals surface area contributed by atoms with Crippen molar-refractivity contribution in [2.75, 3.05) is 17.2 Å². The molecule has 3 heteroatoms. The standard InChI is InChI=1S/C16H19N3/c1-12-9-10-18-16(15(12)17)19-11-5-8-14(19)13-6-3-2-4-7-13/h2-4,6-7,9-10,14H,5,8,11,17H2,1H3. The van der Waals surface area contributed by atoms with E-state index in [0.29, 0.717) is 6.04 Å². The van der Waals surface area contributed by atoms with E-state index in [1.165, 1.54) is 18.4 Å². The smallest absolute Gasteiger partial charge is 0.152 e. The van der Waals surface area contributed by atoms with Crippen LogP contribution in [0.3, 0.4) is 0 Å². The fraction of sp³-hybridized carbons (Fsp3) is 0.312. The van der Waals surface area contributed by atoms with Crippen molar-refractivity contribution in [1.29, 1.82) is 0 Å². The van der Waals surface area contributed by atoms with Crippen molar-refractivity contribution in [3.8, 4) is 0 Å². The van der Waals surface area contributed by atoms with Gasteiger partial charge in [0, 0.05) is 12.7 Å². The molecule has 0 radical (unpaired) electrons. The van der Waals surface area contributed by atoms with Crippen LogP contribution in [0.5, 0.6) is 0 Å². The summed E-state index contributed by atoms with van der Waals surface area (Å²) in [6.45, 7) is 3.06. The number of nitrogens with zero attached hydrogens (tertiary/aromatic N) is 2. The second kappa shape index (κ2) is 4.92. The van der Waals surface area contributed by atoms with Gasteiger partial charge in [0.05, 0.1) is 11.7 Å². The van der Waals surface area contributed by atoms with Gasteiger partial charge in [0.1, 0.15) is 0 Å². The number of hydrogen-bond donors (Lipinski definition) is 1. The minimum absolute atomic E-state index is 0.401. The molecule has 1 unspecified atom stereocenters. The first kappa shape index (κ1) is 12.0. The Hall–Kier alpha value is -2.03. The zero-order valence-electron chi connectivity index (χ0n) is 11.2. The summed E-state index contributed by atoms with van der Waals surface area (Å²) in [6.07, 6.45) is 4.20. The third kappa shape index (κ3) is 2.16. The van der Waals surface area contributed by atoms with E-state index in [2.05, 4.69) is 40.2 Å². The van der Waals surface area contributed by atoms with Crippen LogP contribution in [0.15, 0.2) is 42.6 Å². The molecular formula is C16H19N3. The van der Waals surface area contributed by atoms with Gasteiger partial charge < -0.3 is 10.6 Å². The lowest BCUT2D eigenvalue weighted by Gasteiger charge is -2.27. The molecule has 0 saturated carbocycles. The molecule has 1 aliphatic heterocycles. The highest BCUT2D eigenvalue weighted by Gasteiger charge is 2.28. The molecule has 1 aromatic carbocycles. The van der Waals surface area contributed by atoms with Gasteiger partial charge in [-0.05, 0) is 37.0 Å². The van der Waals surface area contributed by atoms with Gasteiger partial charge in [-0.1, -0.05) is 30.3 Å². The molecule has 98 valence electrons. The lowest BCUT2D eigenvalue weighted by atomic mass is 10.0. The van der Waals surface area contributed by atoms with Crippen LogP contribution < -0.4 is 10.6 Å². The summed E-state index contributed by atoms with van der Waals surface area (Å²) in [7, 11) is 0. The molecule has 0 aliphatic carbocycles. The summed E-state index contributed by atoms with van der Waals surface area (Å²) in [6, 6.07) is 13.0. The molecule has 2 N–H and O–H groups in total. The van der Waals surface area contributed by atoms with Crippen LogP contribution in [0.1, 0.15) is 30.0 Å². The largest absolute Gasteiger partial charge is 0.396 e. The molecule has 1 fully saturated rings. The second-order valence-corrected chi connectivity index (χ2v) is 5.13. The third-order valence-electron chi connectivity index (χ3n) is 3.90. The Morgan fingerprint density at radius 1 is 1.21 bits per heavy atom. The zero-order valence-corrected chi connectivity index (χ0v) is 11.2. The van der Waals surface area contributed by atoms with E-state index < -0.39 is 0 Å². The Bertz CT molecular complexity index is 565. The number of nitrogens with two attached hydrogens (primary N) is 1. The van der Waals surface area contributed by atoms with Gasteiger partial charge in [-0.25, -0.2) is 4.98 Å². The lowest BCUT2D eigenvalue weighted by Crippen LogP contribution is -2.24. The summed E-state index contributed by atoms with van der Waals surface area (Å²) in [5.41, 5.74) is 9.46. The quantitative estimate of drug-likeness (QED) is 0.892. The predicted molar refractivity (Wildman–Crippen MR) is 79.1 cm³/mol. The van der Waals surface area contributed by atoms with Crippen molar-refractivity contribution in [3.63, 3.8) is 0 Å². The highest BCUT2D eigenvalue weighted by atomic mass is 15.2. The number of nitrogen functional groups attached to an aromatic ring is 1. The minimum atomic E-state index is 0.401. The average molecular weight is 253 g/mol. The maximum atomic E-state index is 6.20. The van der Waals surface area contributed by atoms with Crippen LogP contribution in [0.2, 0.25) is 0 Å². The first-order valence-electron chi connectivity index (χ1n) is 6.80. The summed E-state index contributed by atoms with van der Waals surface area (Å²) < 4.78 is 0. The maximum absolute atomic E-state index is 6.20. The van der Waals surface area contributed by atoms with Crippen LogP contribution in [-0.2, 0) is 0 Å². The predicted octanol–water partition coefficient (Wildman–Crippen LogP) is 3.31. The molecule has 1 aromatic heterocycles. The van der Waals surface area contributed by atoms with Crippen molar-refractivity contribution in [2.24, 2.45) is 0 Å². The van der Waals surface area contributed by atoms with Crippen LogP contribution in [0.4, 0.5) is 11.5 Å². The Morgan fingerprint density at radius 2 is 2.00 bits per heavy atom. The minimum Gasteiger partial charge on any atom is -0.396 e. The monoisotopic (exact) mass is 253 g/mol. The molecule has 1 aliphatic rings. The number of rotatable bonds is 2. The molecule has 3 rings (SSSR count). The van der Waals surface area contributed by atoms with Crippen LogP contribution in [0.25, 0.3) is 0 Å². The van der Waals surface area contributed by atoms with E-state index in [-0.39, 0.29) is 0 Å². The van der Waals surface area contributed by atoms with Crippen LogP contribution in [0, 0.1) is 6.92 Å². The number of aryl methyl sites for hydroxylation is 1. The first-order valence-corrected chi connectivity index (χ1v) is 6.80. The SMILES string of the molecule is Cc1ccnc(N2CCCC2c2ccccc2)c1N. The Morgan fingerprint density at radius 3 is 2.79 bits per heavy atom. The molecule has 2 aromatic rings. The topological polar surface area (TPSA) is 42.2 Å². The summed E-state index contributed by atoms with van der Waals surface area (Å²) in [4.78, 5) is 6.84. The van der Waals surface area contributed by atoms with Crippen LogP contribution in [-0.4, -0.2) is 11.5 Å².